The molecule has 10 heteroatoms. The number of amides is 1. The smallest absolute Gasteiger partial charge is 0.434 e. The largest absolute Gasteiger partial charge is 0.455 e. The number of nitrogens with zero attached hydrogens (tertiary/aromatic N) is 1. The highest BCUT2D eigenvalue weighted by atomic mass is 32.2. The minimum absolute atomic E-state index is 0.0192. The molecule has 0 fully saturated rings. The van der Waals surface area contributed by atoms with Gasteiger partial charge in [0.1, 0.15) is 16.9 Å². The van der Waals surface area contributed by atoms with Gasteiger partial charge in [0.15, 0.2) is 5.60 Å². The van der Waals surface area contributed by atoms with Crippen molar-refractivity contribution in [2.75, 3.05) is 11.5 Å². The normalized spacial score (nSPS) is 15.0. The van der Waals surface area contributed by atoms with Gasteiger partial charge in [-0.2, -0.15) is 29.9 Å². The molecular weight excluding hydrogens is 459 g/mol. The van der Waals surface area contributed by atoms with Crippen LogP contribution in [0.15, 0.2) is 35.3 Å². The van der Waals surface area contributed by atoms with E-state index in [9.17, 15) is 27.9 Å². The van der Waals surface area contributed by atoms with Gasteiger partial charge < -0.3 is 14.6 Å². The molecule has 0 aliphatic carbocycles. The van der Waals surface area contributed by atoms with E-state index in [2.05, 4.69) is 4.99 Å². The molecule has 0 heterocycles. The van der Waals surface area contributed by atoms with Crippen molar-refractivity contribution in [2.24, 2.45) is 4.99 Å². The number of hydrogen-bond acceptors (Lipinski definition) is 6. The fraction of sp³-hybridized carbons (Fsp3) is 0.609. The van der Waals surface area contributed by atoms with Crippen molar-refractivity contribution in [1.29, 1.82) is 0 Å². The van der Waals surface area contributed by atoms with Gasteiger partial charge in [0.25, 0.3) is 0 Å². The quantitative estimate of drug-likeness (QED) is 0.287. The van der Waals surface area contributed by atoms with Gasteiger partial charge in [-0.15, -0.1) is 0 Å². The van der Waals surface area contributed by atoms with Crippen LogP contribution < -0.4 is 0 Å². The minimum atomic E-state index is -4.85. The summed E-state index contributed by atoms with van der Waals surface area (Å²) in [5, 5.41) is 10.4. The summed E-state index contributed by atoms with van der Waals surface area (Å²) in [6.07, 6.45) is -6.40. The van der Waals surface area contributed by atoms with Crippen LogP contribution in [0.5, 0.6) is 0 Å². The molecule has 0 aliphatic rings. The first-order chi connectivity index (χ1) is 14.9. The van der Waals surface area contributed by atoms with Crippen LogP contribution in [0.4, 0.5) is 18.0 Å². The molecule has 33 heavy (non-hydrogen) atoms. The number of ether oxygens (including phenoxy) is 2. The summed E-state index contributed by atoms with van der Waals surface area (Å²) in [5.41, 5.74) is -5.04. The van der Waals surface area contributed by atoms with Crippen molar-refractivity contribution >= 4 is 29.5 Å². The SMILES string of the molecule is CC(C)(C)OC(=O)/N=C(/CCSCCC(O)(c1ccccc1)C(F)(F)F)C(=O)OC(C)(C)C. The number of carbonyl (C=O) groups excluding carboxylic acids is 2. The lowest BCUT2D eigenvalue weighted by molar-refractivity contribution is -0.267. The van der Waals surface area contributed by atoms with Gasteiger partial charge in [-0.1, -0.05) is 30.3 Å². The number of aliphatic hydroxyl groups is 1. The third-order valence-corrected chi connectivity index (χ3v) is 5.05. The van der Waals surface area contributed by atoms with Crippen molar-refractivity contribution in [1.82, 2.24) is 0 Å². The highest BCUT2D eigenvalue weighted by Gasteiger charge is 2.54. The summed E-state index contributed by atoms with van der Waals surface area (Å²) in [4.78, 5) is 28.2. The molecule has 1 aromatic rings. The fourth-order valence-corrected chi connectivity index (χ4v) is 3.57. The zero-order chi connectivity index (χ0) is 25.5. The van der Waals surface area contributed by atoms with Crippen LogP contribution in [0.2, 0.25) is 0 Å². The second kappa shape index (κ2) is 11.4. The number of halogens is 3. The molecular formula is C23H32F3NO5S. The van der Waals surface area contributed by atoms with Crippen LogP contribution in [0.1, 0.15) is 59.9 Å². The van der Waals surface area contributed by atoms with Crippen molar-refractivity contribution in [3.05, 3.63) is 35.9 Å². The predicted octanol–water partition coefficient (Wildman–Crippen LogP) is 5.67. The first-order valence-corrected chi connectivity index (χ1v) is 11.6. The highest BCUT2D eigenvalue weighted by Crippen LogP contribution is 2.42. The number of benzene rings is 1. The molecule has 0 bridgehead atoms. The number of rotatable bonds is 8. The van der Waals surface area contributed by atoms with Gasteiger partial charge in [-0.25, -0.2) is 9.59 Å². The minimum Gasteiger partial charge on any atom is -0.455 e. The second-order valence-electron chi connectivity index (χ2n) is 9.38. The van der Waals surface area contributed by atoms with E-state index in [1.807, 2.05) is 0 Å². The number of thioether (sulfide) groups is 1. The first kappa shape index (κ1) is 29.0. The average molecular weight is 492 g/mol. The Bertz CT molecular complexity index is 829. The van der Waals surface area contributed by atoms with Crippen LogP contribution >= 0.6 is 11.8 Å². The standard InChI is InChI=1S/C23H32F3NO5S/c1-20(2,3)31-18(28)17(27-19(29)32-21(4,5)6)12-14-33-15-13-22(30,23(24,25)26)16-10-8-7-9-11-16/h7-11,30H,12-15H2,1-6H3/b27-17-. The van der Waals surface area contributed by atoms with Gasteiger partial charge in [0, 0.05) is 6.42 Å². The lowest BCUT2D eigenvalue weighted by atomic mass is 9.90. The summed E-state index contributed by atoms with van der Waals surface area (Å²) >= 11 is 1.09. The van der Waals surface area contributed by atoms with E-state index in [4.69, 9.17) is 9.47 Å². The Hall–Kier alpha value is -2.07. The molecule has 1 rings (SSSR count). The number of esters is 1. The van der Waals surface area contributed by atoms with Crippen molar-refractivity contribution < 1.29 is 37.3 Å². The summed E-state index contributed by atoms with van der Waals surface area (Å²) in [6.45, 7) is 9.93. The third-order valence-electron chi connectivity index (χ3n) is 4.07. The maximum Gasteiger partial charge on any atom is 0.434 e. The van der Waals surface area contributed by atoms with Gasteiger partial charge in [-0.05, 0) is 65.0 Å². The summed E-state index contributed by atoms with van der Waals surface area (Å²) in [6, 6.07) is 6.88. The zero-order valence-corrected chi connectivity index (χ0v) is 20.6. The zero-order valence-electron chi connectivity index (χ0n) is 19.8. The molecule has 1 unspecified atom stereocenters. The van der Waals surface area contributed by atoms with Crippen molar-refractivity contribution in [3.63, 3.8) is 0 Å². The van der Waals surface area contributed by atoms with Gasteiger partial charge >= 0.3 is 18.2 Å². The van der Waals surface area contributed by atoms with E-state index in [0.29, 0.717) is 0 Å². The van der Waals surface area contributed by atoms with Gasteiger partial charge in [-0.3, -0.25) is 0 Å². The van der Waals surface area contributed by atoms with E-state index >= 15 is 0 Å². The Balaban J connectivity index is 2.83. The Morgan fingerprint density at radius 3 is 1.97 bits per heavy atom. The molecule has 0 saturated carbocycles. The lowest BCUT2D eigenvalue weighted by Gasteiger charge is -2.31. The summed E-state index contributed by atoms with van der Waals surface area (Å²) in [5.74, 6) is -0.659. The Labute approximate surface area is 196 Å². The van der Waals surface area contributed by atoms with Crippen molar-refractivity contribution in [3.8, 4) is 0 Å². The molecule has 0 radical (unpaired) electrons. The van der Waals surface area contributed by atoms with E-state index in [1.165, 1.54) is 24.3 Å². The summed E-state index contributed by atoms with van der Waals surface area (Å²) in [7, 11) is 0. The van der Waals surface area contributed by atoms with Crippen molar-refractivity contribution in [2.45, 2.75) is 77.4 Å². The number of aliphatic imine (C=N–C) groups is 1. The molecule has 186 valence electrons. The van der Waals surface area contributed by atoms with Crippen LogP contribution in [-0.4, -0.2) is 51.8 Å². The monoisotopic (exact) mass is 491 g/mol. The molecule has 1 aromatic carbocycles. The number of carbonyl (C=O) groups is 2. The van der Waals surface area contributed by atoms with Crippen LogP contribution in [0.3, 0.4) is 0 Å². The topological polar surface area (TPSA) is 85.2 Å². The van der Waals surface area contributed by atoms with E-state index in [-0.39, 0.29) is 29.2 Å². The second-order valence-corrected chi connectivity index (χ2v) is 10.6. The molecule has 1 amide bonds. The number of alkyl halides is 3. The third kappa shape index (κ3) is 10.2. The maximum atomic E-state index is 13.6. The predicted molar refractivity (Wildman–Crippen MR) is 122 cm³/mol. The van der Waals surface area contributed by atoms with Crippen LogP contribution in [-0.2, 0) is 19.9 Å². The van der Waals surface area contributed by atoms with Crippen LogP contribution in [0.25, 0.3) is 0 Å². The molecule has 0 aromatic heterocycles. The molecule has 1 atom stereocenters. The molecule has 1 N–H and O–H groups in total. The number of hydrogen-bond donors (Lipinski definition) is 1. The molecule has 0 spiro atoms. The molecule has 6 nitrogen and oxygen atoms in total. The first-order valence-electron chi connectivity index (χ1n) is 10.4. The van der Waals surface area contributed by atoms with Crippen LogP contribution in [0, 0.1) is 0 Å². The van der Waals surface area contributed by atoms with E-state index in [1.54, 1.807) is 47.6 Å². The Morgan fingerprint density at radius 1 is 0.939 bits per heavy atom. The fourth-order valence-electron chi connectivity index (χ4n) is 2.59. The summed E-state index contributed by atoms with van der Waals surface area (Å²) < 4.78 is 51.1. The Kier molecular flexibility index (Phi) is 9.98. The Morgan fingerprint density at radius 2 is 1.48 bits per heavy atom. The van der Waals surface area contributed by atoms with Gasteiger partial charge in [0.2, 0.25) is 0 Å². The highest BCUT2D eigenvalue weighted by molar-refractivity contribution is 7.99. The molecule has 0 aliphatic heterocycles. The average Bonchev–Trinajstić information content (AvgIpc) is 2.63. The molecule has 0 saturated heterocycles. The van der Waals surface area contributed by atoms with E-state index in [0.717, 1.165) is 11.8 Å². The maximum absolute atomic E-state index is 13.6. The lowest BCUT2D eigenvalue weighted by Crippen LogP contribution is -2.42. The van der Waals surface area contributed by atoms with E-state index < -0.39 is 41.5 Å². The van der Waals surface area contributed by atoms with Gasteiger partial charge in [0.05, 0.1) is 0 Å².